The molecule has 0 saturated carbocycles. The standard InChI is InChI=1S/C11H19NO3/c1-2-3-4-5-8-15-11(14)7-6-10(13)9-12/h2-3H,4-9,12H2,1H3. The molecule has 86 valence electrons. The van der Waals surface area contributed by atoms with E-state index in [1.165, 1.54) is 0 Å². The average molecular weight is 213 g/mol. The maximum atomic E-state index is 11.1. The summed E-state index contributed by atoms with van der Waals surface area (Å²) in [6.45, 7) is 2.36. The number of ether oxygens (including phenoxy) is 1. The molecule has 0 aliphatic heterocycles. The molecule has 15 heavy (non-hydrogen) atoms. The fraction of sp³-hybridized carbons (Fsp3) is 0.636. The van der Waals surface area contributed by atoms with Gasteiger partial charge in [0.05, 0.1) is 19.6 Å². The Morgan fingerprint density at radius 3 is 2.67 bits per heavy atom. The van der Waals surface area contributed by atoms with Crippen molar-refractivity contribution in [2.45, 2.75) is 32.6 Å². The average Bonchev–Trinajstić information content (AvgIpc) is 2.25. The molecule has 0 saturated heterocycles. The van der Waals surface area contributed by atoms with E-state index in [4.69, 9.17) is 10.5 Å². The number of nitrogens with two attached hydrogens (primary N) is 1. The molecule has 2 N–H and O–H groups in total. The van der Waals surface area contributed by atoms with Crippen LogP contribution < -0.4 is 5.73 Å². The summed E-state index contributed by atoms with van der Waals surface area (Å²) in [5, 5.41) is 0. The second-order valence-electron chi connectivity index (χ2n) is 3.17. The Kier molecular flexibility index (Phi) is 8.67. The lowest BCUT2D eigenvalue weighted by molar-refractivity contribution is -0.144. The van der Waals surface area contributed by atoms with Gasteiger partial charge in [-0.05, 0) is 19.8 Å². The van der Waals surface area contributed by atoms with Crippen LogP contribution in [0.25, 0.3) is 0 Å². The van der Waals surface area contributed by atoms with Gasteiger partial charge in [-0.3, -0.25) is 9.59 Å². The molecule has 0 rings (SSSR count). The zero-order valence-corrected chi connectivity index (χ0v) is 9.20. The van der Waals surface area contributed by atoms with Crippen LogP contribution >= 0.6 is 0 Å². The first-order chi connectivity index (χ1) is 7.20. The van der Waals surface area contributed by atoms with Gasteiger partial charge in [-0.25, -0.2) is 0 Å². The van der Waals surface area contributed by atoms with Gasteiger partial charge in [0.15, 0.2) is 0 Å². The monoisotopic (exact) mass is 213 g/mol. The molecular formula is C11H19NO3. The molecule has 4 nitrogen and oxygen atoms in total. The van der Waals surface area contributed by atoms with Crippen molar-refractivity contribution in [3.8, 4) is 0 Å². The quantitative estimate of drug-likeness (QED) is 0.373. The SMILES string of the molecule is CC=CCCCOC(=O)CCC(=O)CN. The molecule has 0 aromatic rings. The smallest absolute Gasteiger partial charge is 0.306 e. The Morgan fingerprint density at radius 1 is 1.33 bits per heavy atom. The molecule has 0 heterocycles. The van der Waals surface area contributed by atoms with E-state index in [-0.39, 0.29) is 31.1 Å². The largest absolute Gasteiger partial charge is 0.466 e. The van der Waals surface area contributed by atoms with Crippen molar-refractivity contribution in [3.05, 3.63) is 12.2 Å². The van der Waals surface area contributed by atoms with Gasteiger partial charge in [0.1, 0.15) is 5.78 Å². The van der Waals surface area contributed by atoms with E-state index in [1.807, 2.05) is 19.1 Å². The highest BCUT2D eigenvalue weighted by atomic mass is 16.5. The first kappa shape index (κ1) is 13.8. The van der Waals surface area contributed by atoms with Crippen LogP contribution in [0.3, 0.4) is 0 Å². The summed E-state index contributed by atoms with van der Waals surface area (Å²) >= 11 is 0. The van der Waals surface area contributed by atoms with E-state index in [1.54, 1.807) is 0 Å². The highest BCUT2D eigenvalue weighted by molar-refractivity contribution is 5.84. The number of carbonyl (C=O) groups excluding carboxylic acids is 2. The minimum absolute atomic E-state index is 0.00538. The van der Waals surface area contributed by atoms with E-state index in [0.717, 1.165) is 12.8 Å². The number of ketones is 1. The molecule has 0 radical (unpaired) electrons. The third kappa shape index (κ3) is 9.15. The highest BCUT2D eigenvalue weighted by Crippen LogP contribution is 1.97. The molecule has 0 aromatic heterocycles. The Labute approximate surface area is 90.5 Å². The number of esters is 1. The van der Waals surface area contributed by atoms with E-state index in [9.17, 15) is 9.59 Å². The first-order valence-electron chi connectivity index (χ1n) is 5.19. The van der Waals surface area contributed by atoms with Crippen LogP contribution in [-0.4, -0.2) is 24.9 Å². The molecule has 0 aliphatic rings. The van der Waals surface area contributed by atoms with Crippen molar-refractivity contribution in [2.24, 2.45) is 5.73 Å². The lowest BCUT2D eigenvalue weighted by Crippen LogP contribution is -2.15. The maximum absolute atomic E-state index is 11.1. The zero-order chi connectivity index (χ0) is 11.5. The Hall–Kier alpha value is -1.16. The molecule has 0 aromatic carbocycles. The van der Waals surface area contributed by atoms with Crippen molar-refractivity contribution in [1.29, 1.82) is 0 Å². The van der Waals surface area contributed by atoms with Crippen LogP contribution in [-0.2, 0) is 14.3 Å². The predicted molar refractivity (Wildman–Crippen MR) is 58.3 cm³/mol. The molecule has 0 atom stereocenters. The van der Waals surface area contributed by atoms with Crippen molar-refractivity contribution < 1.29 is 14.3 Å². The second-order valence-corrected chi connectivity index (χ2v) is 3.17. The number of carbonyl (C=O) groups is 2. The summed E-state index contributed by atoms with van der Waals surface area (Å²) in [7, 11) is 0. The molecule has 0 bridgehead atoms. The molecule has 0 unspecified atom stereocenters. The summed E-state index contributed by atoms with van der Waals surface area (Å²) < 4.78 is 4.92. The molecule has 0 aliphatic carbocycles. The van der Waals surface area contributed by atoms with E-state index in [0.29, 0.717) is 6.61 Å². The Bertz CT molecular complexity index is 224. The molecule has 0 amide bonds. The van der Waals surface area contributed by atoms with Gasteiger partial charge < -0.3 is 10.5 Å². The van der Waals surface area contributed by atoms with Crippen LogP contribution in [0.5, 0.6) is 0 Å². The number of allylic oxidation sites excluding steroid dienone is 2. The van der Waals surface area contributed by atoms with Crippen LogP contribution in [0.4, 0.5) is 0 Å². The van der Waals surface area contributed by atoms with Crippen LogP contribution in [0, 0.1) is 0 Å². The third-order valence-corrected chi connectivity index (χ3v) is 1.85. The highest BCUT2D eigenvalue weighted by Gasteiger charge is 2.05. The number of rotatable bonds is 8. The van der Waals surface area contributed by atoms with E-state index >= 15 is 0 Å². The van der Waals surface area contributed by atoms with Gasteiger partial charge >= 0.3 is 5.97 Å². The van der Waals surface area contributed by atoms with Gasteiger partial charge in [0.2, 0.25) is 0 Å². The number of hydrogen-bond acceptors (Lipinski definition) is 4. The number of unbranched alkanes of at least 4 members (excludes halogenated alkanes) is 1. The zero-order valence-electron chi connectivity index (χ0n) is 9.20. The predicted octanol–water partition coefficient (Wildman–Crippen LogP) is 1.19. The van der Waals surface area contributed by atoms with Gasteiger partial charge in [-0.1, -0.05) is 12.2 Å². The lowest BCUT2D eigenvalue weighted by atomic mass is 10.2. The minimum Gasteiger partial charge on any atom is -0.466 e. The normalized spacial score (nSPS) is 10.5. The fourth-order valence-electron chi connectivity index (χ4n) is 0.970. The minimum atomic E-state index is -0.322. The molecule has 0 spiro atoms. The van der Waals surface area contributed by atoms with Crippen molar-refractivity contribution in [1.82, 2.24) is 0 Å². The van der Waals surface area contributed by atoms with Crippen LogP contribution in [0.2, 0.25) is 0 Å². The van der Waals surface area contributed by atoms with Crippen molar-refractivity contribution >= 4 is 11.8 Å². The summed E-state index contributed by atoms with van der Waals surface area (Å²) in [4.78, 5) is 21.9. The third-order valence-electron chi connectivity index (χ3n) is 1.85. The Morgan fingerprint density at radius 2 is 2.07 bits per heavy atom. The molecule has 0 fully saturated rings. The Balaban J connectivity index is 3.37. The second kappa shape index (κ2) is 9.40. The van der Waals surface area contributed by atoms with Crippen LogP contribution in [0.15, 0.2) is 12.2 Å². The summed E-state index contributed by atoms with van der Waals surface area (Å²) in [5.74, 6) is -0.432. The van der Waals surface area contributed by atoms with E-state index in [2.05, 4.69) is 0 Å². The van der Waals surface area contributed by atoms with Gasteiger partial charge in [-0.2, -0.15) is 0 Å². The fourth-order valence-corrected chi connectivity index (χ4v) is 0.970. The van der Waals surface area contributed by atoms with Gasteiger partial charge in [0.25, 0.3) is 0 Å². The van der Waals surface area contributed by atoms with Crippen molar-refractivity contribution in [3.63, 3.8) is 0 Å². The summed E-state index contributed by atoms with van der Waals surface area (Å²) in [6, 6.07) is 0. The van der Waals surface area contributed by atoms with Crippen LogP contribution in [0.1, 0.15) is 32.6 Å². The topological polar surface area (TPSA) is 69.4 Å². The van der Waals surface area contributed by atoms with Gasteiger partial charge in [0, 0.05) is 6.42 Å². The molecular weight excluding hydrogens is 194 g/mol. The molecule has 4 heteroatoms. The first-order valence-corrected chi connectivity index (χ1v) is 5.19. The number of Topliss-reactive ketones (excluding diaryl/α,β-unsaturated/α-hetero) is 1. The summed E-state index contributed by atoms with van der Waals surface area (Å²) in [6.07, 6.45) is 6.03. The van der Waals surface area contributed by atoms with E-state index < -0.39 is 0 Å². The van der Waals surface area contributed by atoms with Gasteiger partial charge in [-0.15, -0.1) is 0 Å². The number of hydrogen-bond donors (Lipinski definition) is 1. The maximum Gasteiger partial charge on any atom is 0.306 e. The summed E-state index contributed by atoms with van der Waals surface area (Å²) in [5.41, 5.74) is 5.10. The lowest BCUT2D eigenvalue weighted by Gasteiger charge is -2.02. The van der Waals surface area contributed by atoms with Crippen molar-refractivity contribution in [2.75, 3.05) is 13.2 Å².